The van der Waals surface area contributed by atoms with Crippen LogP contribution in [0.25, 0.3) is 0 Å². The van der Waals surface area contributed by atoms with Crippen molar-refractivity contribution in [3.63, 3.8) is 0 Å². The van der Waals surface area contributed by atoms with Crippen molar-refractivity contribution in [2.45, 2.75) is 12.3 Å². The van der Waals surface area contributed by atoms with Crippen molar-refractivity contribution in [2.75, 3.05) is 0 Å². The molecule has 0 radical (unpaired) electrons. The molecule has 0 atom stereocenters. The van der Waals surface area contributed by atoms with Crippen LogP contribution in [0.15, 0.2) is 6.07 Å². The number of aromatic nitrogens is 1. The molecule has 0 saturated heterocycles. The van der Waals surface area contributed by atoms with Crippen LogP contribution in [-0.2, 0) is 5.88 Å². The first-order chi connectivity index (χ1) is 6.60. The van der Waals surface area contributed by atoms with Crippen LogP contribution in [0.4, 0.5) is 8.78 Å². The zero-order valence-corrected chi connectivity index (χ0v) is 8.32. The van der Waals surface area contributed by atoms with Crippen LogP contribution in [0.3, 0.4) is 0 Å². The average molecular weight is 240 g/mol. The predicted molar refractivity (Wildman–Crippen MR) is 49.1 cm³/mol. The van der Waals surface area contributed by atoms with Gasteiger partial charge in [-0.25, -0.2) is 13.8 Å². The summed E-state index contributed by atoms with van der Waals surface area (Å²) < 4.78 is 24.6. The molecule has 2 nitrogen and oxygen atoms in total. The SMILES string of the molecule is O=Cc1cc(Cl)c(C(F)F)nc1CCl. The quantitative estimate of drug-likeness (QED) is 0.599. The van der Waals surface area contributed by atoms with Gasteiger partial charge in [0, 0.05) is 5.56 Å². The van der Waals surface area contributed by atoms with E-state index in [1.807, 2.05) is 0 Å². The van der Waals surface area contributed by atoms with E-state index in [0.29, 0.717) is 6.29 Å². The third-order valence-corrected chi connectivity index (χ3v) is 2.13. The van der Waals surface area contributed by atoms with E-state index in [4.69, 9.17) is 23.2 Å². The molecule has 0 aliphatic rings. The van der Waals surface area contributed by atoms with Gasteiger partial charge >= 0.3 is 0 Å². The molecular weight excluding hydrogens is 235 g/mol. The average Bonchev–Trinajstić information content (AvgIpc) is 2.16. The first kappa shape index (κ1) is 11.3. The number of hydrogen-bond acceptors (Lipinski definition) is 2. The number of aldehydes is 1. The summed E-state index contributed by atoms with van der Waals surface area (Å²) in [6, 6.07) is 1.14. The van der Waals surface area contributed by atoms with E-state index in [2.05, 4.69) is 4.98 Å². The van der Waals surface area contributed by atoms with Gasteiger partial charge in [-0.15, -0.1) is 11.6 Å². The summed E-state index contributed by atoms with van der Waals surface area (Å²) in [6.45, 7) is 0. The van der Waals surface area contributed by atoms with Gasteiger partial charge in [-0.1, -0.05) is 11.6 Å². The van der Waals surface area contributed by atoms with Crippen LogP contribution in [0.2, 0.25) is 5.02 Å². The van der Waals surface area contributed by atoms with Gasteiger partial charge in [-0.05, 0) is 6.07 Å². The number of hydrogen-bond donors (Lipinski definition) is 0. The number of halogens is 4. The molecule has 0 aliphatic heterocycles. The van der Waals surface area contributed by atoms with E-state index in [0.717, 1.165) is 6.07 Å². The van der Waals surface area contributed by atoms with Crippen molar-refractivity contribution in [3.8, 4) is 0 Å². The maximum atomic E-state index is 12.3. The summed E-state index contributed by atoms with van der Waals surface area (Å²) in [5.74, 6) is -0.106. The van der Waals surface area contributed by atoms with Gasteiger partial charge in [0.2, 0.25) is 0 Å². The topological polar surface area (TPSA) is 30.0 Å². The Kier molecular flexibility index (Phi) is 3.77. The zero-order valence-electron chi connectivity index (χ0n) is 6.81. The summed E-state index contributed by atoms with van der Waals surface area (Å²) in [5, 5.41) is -0.226. The molecule has 1 rings (SSSR count). The fourth-order valence-corrected chi connectivity index (χ4v) is 1.38. The summed E-state index contributed by atoms with van der Waals surface area (Å²) in [7, 11) is 0. The van der Waals surface area contributed by atoms with E-state index in [1.54, 1.807) is 0 Å². The molecule has 0 amide bonds. The molecule has 1 heterocycles. The zero-order chi connectivity index (χ0) is 10.7. The second-order valence-corrected chi connectivity index (χ2v) is 3.12. The summed E-state index contributed by atoms with van der Waals surface area (Å²) >= 11 is 10.9. The Morgan fingerprint density at radius 2 is 2.21 bits per heavy atom. The highest BCUT2D eigenvalue weighted by atomic mass is 35.5. The maximum absolute atomic E-state index is 12.3. The third-order valence-electron chi connectivity index (χ3n) is 1.58. The number of carbonyl (C=O) groups excluding carboxylic acids is 1. The molecule has 14 heavy (non-hydrogen) atoms. The minimum Gasteiger partial charge on any atom is -0.298 e. The molecule has 76 valence electrons. The molecule has 1 aromatic heterocycles. The largest absolute Gasteiger partial charge is 0.298 e. The molecule has 0 spiro atoms. The van der Waals surface area contributed by atoms with Gasteiger partial charge in [0.15, 0.2) is 6.29 Å². The van der Waals surface area contributed by atoms with Gasteiger partial charge in [0.1, 0.15) is 5.69 Å². The smallest absolute Gasteiger partial charge is 0.281 e. The standard InChI is InChI=1S/C8H5Cl2F2NO/c9-2-6-4(3-14)1-5(10)7(13-6)8(11)12/h1,3,8H,2H2. The molecule has 0 unspecified atom stereocenters. The summed E-state index contributed by atoms with van der Waals surface area (Å²) in [6.07, 6.45) is -2.29. The molecule has 0 bridgehead atoms. The predicted octanol–water partition coefficient (Wildman–Crippen LogP) is 3.22. The number of nitrogens with zero attached hydrogens (tertiary/aromatic N) is 1. The lowest BCUT2D eigenvalue weighted by atomic mass is 10.2. The number of carbonyl (C=O) groups is 1. The van der Waals surface area contributed by atoms with Crippen molar-refractivity contribution in [2.24, 2.45) is 0 Å². The minimum atomic E-state index is -2.77. The molecule has 0 N–H and O–H groups in total. The Morgan fingerprint density at radius 1 is 1.57 bits per heavy atom. The Morgan fingerprint density at radius 3 is 2.64 bits per heavy atom. The van der Waals surface area contributed by atoms with Gasteiger partial charge < -0.3 is 0 Å². The highest BCUT2D eigenvalue weighted by Gasteiger charge is 2.16. The summed E-state index contributed by atoms with van der Waals surface area (Å²) in [4.78, 5) is 14.0. The molecular formula is C8H5Cl2F2NO. The van der Waals surface area contributed by atoms with Gasteiger partial charge in [-0.2, -0.15) is 0 Å². The Bertz CT molecular complexity index is 357. The monoisotopic (exact) mass is 239 g/mol. The van der Waals surface area contributed by atoms with E-state index < -0.39 is 12.1 Å². The summed E-state index contributed by atoms with van der Waals surface area (Å²) in [5.41, 5.74) is -0.302. The fourth-order valence-electron chi connectivity index (χ4n) is 0.919. The van der Waals surface area contributed by atoms with Crippen LogP contribution in [0.5, 0.6) is 0 Å². The second kappa shape index (κ2) is 4.66. The van der Waals surface area contributed by atoms with E-state index in [-0.39, 0.29) is 22.2 Å². The van der Waals surface area contributed by atoms with Crippen LogP contribution in [-0.4, -0.2) is 11.3 Å². The van der Waals surface area contributed by atoms with Crippen LogP contribution < -0.4 is 0 Å². The van der Waals surface area contributed by atoms with Crippen molar-refractivity contribution in [3.05, 3.63) is 28.0 Å². The van der Waals surface area contributed by atoms with Crippen LogP contribution in [0.1, 0.15) is 28.2 Å². The Hall–Kier alpha value is -0.740. The Labute approximate surface area is 88.8 Å². The third kappa shape index (κ3) is 2.19. The maximum Gasteiger partial charge on any atom is 0.281 e. The van der Waals surface area contributed by atoms with Crippen LogP contribution >= 0.6 is 23.2 Å². The molecule has 0 aromatic carbocycles. The number of rotatable bonds is 3. The number of pyridine rings is 1. The van der Waals surface area contributed by atoms with Crippen molar-refractivity contribution < 1.29 is 13.6 Å². The fraction of sp³-hybridized carbons (Fsp3) is 0.250. The molecule has 0 aliphatic carbocycles. The lowest BCUT2D eigenvalue weighted by Gasteiger charge is -2.06. The van der Waals surface area contributed by atoms with Crippen molar-refractivity contribution in [1.29, 1.82) is 0 Å². The first-order valence-electron chi connectivity index (χ1n) is 3.58. The van der Waals surface area contributed by atoms with Crippen molar-refractivity contribution >= 4 is 29.5 Å². The van der Waals surface area contributed by atoms with Crippen molar-refractivity contribution in [1.82, 2.24) is 4.98 Å². The Balaban J connectivity index is 3.30. The first-order valence-corrected chi connectivity index (χ1v) is 4.50. The molecule has 0 fully saturated rings. The molecule has 0 saturated carbocycles. The van der Waals surface area contributed by atoms with Crippen LogP contribution in [0, 0.1) is 0 Å². The number of alkyl halides is 3. The van der Waals surface area contributed by atoms with Gasteiger partial charge in [0.05, 0.1) is 16.6 Å². The highest BCUT2D eigenvalue weighted by Crippen LogP contribution is 2.27. The van der Waals surface area contributed by atoms with E-state index >= 15 is 0 Å². The molecule has 6 heteroatoms. The molecule has 1 aromatic rings. The highest BCUT2D eigenvalue weighted by molar-refractivity contribution is 6.31. The van der Waals surface area contributed by atoms with E-state index in [1.165, 1.54) is 0 Å². The van der Waals surface area contributed by atoms with Gasteiger partial charge in [-0.3, -0.25) is 4.79 Å². The van der Waals surface area contributed by atoms with E-state index in [9.17, 15) is 13.6 Å². The second-order valence-electron chi connectivity index (χ2n) is 2.44. The minimum absolute atomic E-state index is 0.106. The lowest BCUT2D eigenvalue weighted by molar-refractivity contribution is 0.112. The normalized spacial score (nSPS) is 10.6. The lowest BCUT2D eigenvalue weighted by Crippen LogP contribution is -2.00. The van der Waals surface area contributed by atoms with Gasteiger partial charge in [0.25, 0.3) is 6.43 Å².